The van der Waals surface area contributed by atoms with Crippen molar-refractivity contribution >= 4 is 40.6 Å². The van der Waals surface area contributed by atoms with Crippen molar-refractivity contribution in [1.82, 2.24) is 4.90 Å². The lowest BCUT2D eigenvalue weighted by molar-refractivity contribution is -0.121. The van der Waals surface area contributed by atoms with Crippen molar-refractivity contribution in [3.05, 3.63) is 82.8 Å². The number of benzene rings is 2. The zero-order valence-corrected chi connectivity index (χ0v) is 16.5. The van der Waals surface area contributed by atoms with Gasteiger partial charge in [0.25, 0.3) is 5.91 Å². The predicted molar refractivity (Wildman–Crippen MR) is 113 cm³/mol. The van der Waals surface area contributed by atoms with E-state index < -0.39 is 0 Å². The number of nitrogens with zero attached hydrogens (tertiary/aromatic N) is 2. The second-order valence-corrected chi connectivity index (χ2v) is 6.94. The number of carbonyl (C=O) groups is 2. The lowest BCUT2D eigenvalue weighted by atomic mass is 10.2. The minimum Gasteiger partial charge on any atom is -0.462 e. The number of hydrogen-bond acceptors (Lipinski definition) is 5. The van der Waals surface area contributed by atoms with Gasteiger partial charge in [-0.1, -0.05) is 42.5 Å². The van der Waals surface area contributed by atoms with E-state index >= 15 is 0 Å². The SMILES string of the molecule is CCOC(=O)c1ccc(N=C2S/C(=C\C=C\c3ccccc3)C(=O)N2C)cc1. The van der Waals surface area contributed by atoms with Crippen LogP contribution < -0.4 is 0 Å². The Labute approximate surface area is 168 Å². The topological polar surface area (TPSA) is 59.0 Å². The predicted octanol–water partition coefficient (Wildman–Crippen LogP) is 4.65. The van der Waals surface area contributed by atoms with Gasteiger partial charge in [0.05, 0.1) is 22.8 Å². The first kappa shape index (κ1) is 19.6. The van der Waals surface area contributed by atoms with Crippen LogP contribution >= 0.6 is 11.8 Å². The zero-order chi connectivity index (χ0) is 19.9. The molecule has 6 heteroatoms. The maximum Gasteiger partial charge on any atom is 0.338 e. The molecule has 5 nitrogen and oxygen atoms in total. The molecular formula is C22H20N2O3S. The highest BCUT2D eigenvalue weighted by Crippen LogP contribution is 2.31. The molecule has 0 spiro atoms. The van der Waals surface area contributed by atoms with E-state index in [0.717, 1.165) is 5.56 Å². The van der Waals surface area contributed by atoms with Gasteiger partial charge in [0, 0.05) is 7.05 Å². The Kier molecular flexibility index (Phi) is 6.45. The fraction of sp³-hybridized carbons (Fsp3) is 0.136. The summed E-state index contributed by atoms with van der Waals surface area (Å²) >= 11 is 1.32. The van der Waals surface area contributed by atoms with E-state index in [1.165, 1.54) is 16.7 Å². The van der Waals surface area contributed by atoms with Crippen LogP contribution in [0.15, 0.2) is 76.6 Å². The molecular weight excluding hydrogens is 372 g/mol. The van der Waals surface area contributed by atoms with Gasteiger partial charge in [-0.05, 0) is 54.6 Å². The normalized spacial score (nSPS) is 17.1. The van der Waals surface area contributed by atoms with E-state index in [0.29, 0.717) is 27.9 Å². The second kappa shape index (κ2) is 9.19. The van der Waals surface area contributed by atoms with E-state index in [2.05, 4.69) is 4.99 Å². The Morgan fingerprint density at radius 2 is 1.86 bits per heavy atom. The first-order chi connectivity index (χ1) is 13.6. The minimum absolute atomic E-state index is 0.0930. The average molecular weight is 392 g/mol. The molecule has 0 bridgehead atoms. The number of aliphatic imine (C=N–C) groups is 1. The Morgan fingerprint density at radius 1 is 1.14 bits per heavy atom. The number of thioether (sulfide) groups is 1. The van der Waals surface area contributed by atoms with Gasteiger partial charge in [-0.3, -0.25) is 9.69 Å². The third-order valence-corrected chi connectivity index (χ3v) is 5.02. The monoisotopic (exact) mass is 392 g/mol. The number of ether oxygens (including phenoxy) is 1. The Balaban J connectivity index is 1.73. The van der Waals surface area contributed by atoms with Crippen LogP contribution in [0.2, 0.25) is 0 Å². The lowest BCUT2D eigenvalue weighted by Crippen LogP contribution is -2.23. The van der Waals surface area contributed by atoms with Crippen LogP contribution in [-0.4, -0.2) is 35.6 Å². The van der Waals surface area contributed by atoms with Crippen LogP contribution in [0, 0.1) is 0 Å². The molecule has 1 amide bonds. The minimum atomic E-state index is -0.361. The molecule has 1 aliphatic heterocycles. The molecule has 1 aliphatic rings. The highest BCUT2D eigenvalue weighted by molar-refractivity contribution is 8.18. The molecule has 28 heavy (non-hydrogen) atoms. The fourth-order valence-electron chi connectivity index (χ4n) is 2.47. The van der Waals surface area contributed by atoms with Gasteiger partial charge in [0.2, 0.25) is 0 Å². The van der Waals surface area contributed by atoms with Crippen molar-refractivity contribution in [2.45, 2.75) is 6.92 Å². The van der Waals surface area contributed by atoms with Crippen LogP contribution in [-0.2, 0) is 9.53 Å². The third kappa shape index (κ3) is 4.78. The summed E-state index contributed by atoms with van der Waals surface area (Å²) in [5.74, 6) is -0.454. The number of rotatable bonds is 5. The Hall–Kier alpha value is -3.12. The molecule has 1 saturated heterocycles. The summed E-state index contributed by atoms with van der Waals surface area (Å²) in [6.07, 6.45) is 5.60. The summed E-state index contributed by atoms with van der Waals surface area (Å²) in [5.41, 5.74) is 2.20. The number of amidine groups is 1. The van der Waals surface area contributed by atoms with Gasteiger partial charge >= 0.3 is 5.97 Å². The maximum absolute atomic E-state index is 12.4. The first-order valence-corrected chi connectivity index (χ1v) is 9.65. The van der Waals surface area contributed by atoms with Crippen LogP contribution in [0.25, 0.3) is 6.08 Å². The van der Waals surface area contributed by atoms with Gasteiger partial charge in [-0.2, -0.15) is 0 Å². The zero-order valence-electron chi connectivity index (χ0n) is 15.7. The number of hydrogen-bond donors (Lipinski definition) is 0. The summed E-state index contributed by atoms with van der Waals surface area (Å²) in [4.78, 5) is 30.8. The summed E-state index contributed by atoms with van der Waals surface area (Å²) in [6.45, 7) is 2.10. The van der Waals surface area contributed by atoms with Gasteiger partial charge in [-0.15, -0.1) is 0 Å². The van der Waals surface area contributed by atoms with Crippen molar-refractivity contribution in [1.29, 1.82) is 0 Å². The van der Waals surface area contributed by atoms with E-state index in [4.69, 9.17) is 4.74 Å². The van der Waals surface area contributed by atoms with E-state index in [1.807, 2.05) is 42.5 Å². The van der Waals surface area contributed by atoms with Crippen LogP contribution in [0.1, 0.15) is 22.8 Å². The highest BCUT2D eigenvalue weighted by atomic mass is 32.2. The van der Waals surface area contributed by atoms with Crippen LogP contribution in [0.5, 0.6) is 0 Å². The molecule has 1 fully saturated rings. The molecule has 0 aromatic heterocycles. The second-order valence-electron chi connectivity index (χ2n) is 5.93. The molecule has 0 unspecified atom stereocenters. The van der Waals surface area contributed by atoms with E-state index in [9.17, 15) is 9.59 Å². The molecule has 142 valence electrons. The largest absolute Gasteiger partial charge is 0.462 e. The number of likely N-dealkylation sites (N-methyl/N-ethyl adjacent to an activating group) is 1. The van der Waals surface area contributed by atoms with Gasteiger partial charge < -0.3 is 4.74 Å². The summed E-state index contributed by atoms with van der Waals surface area (Å²) in [6, 6.07) is 16.7. The van der Waals surface area contributed by atoms with Crippen LogP contribution in [0.3, 0.4) is 0 Å². The summed E-state index contributed by atoms with van der Waals surface area (Å²) in [5, 5.41) is 0.591. The van der Waals surface area contributed by atoms with Crippen molar-refractivity contribution in [3.8, 4) is 0 Å². The highest BCUT2D eigenvalue weighted by Gasteiger charge is 2.29. The van der Waals surface area contributed by atoms with Crippen molar-refractivity contribution in [2.75, 3.05) is 13.7 Å². The number of amides is 1. The lowest BCUT2D eigenvalue weighted by Gasteiger charge is -2.07. The molecule has 0 atom stereocenters. The fourth-order valence-corrected chi connectivity index (χ4v) is 3.41. The molecule has 0 N–H and O–H groups in total. The quantitative estimate of drug-likeness (QED) is 0.549. The summed E-state index contributed by atoms with van der Waals surface area (Å²) in [7, 11) is 1.70. The van der Waals surface area contributed by atoms with E-state index in [-0.39, 0.29) is 11.9 Å². The standard InChI is InChI=1S/C22H20N2O3S/c1-3-27-21(26)17-12-14-18(15-13-17)23-22-24(2)20(25)19(28-22)11-7-10-16-8-5-4-6-9-16/h4-15H,3H2,1-2H3/b10-7+,19-11-,23-22?. The molecule has 0 aliphatic carbocycles. The van der Waals surface area contributed by atoms with Gasteiger partial charge in [-0.25, -0.2) is 9.79 Å². The van der Waals surface area contributed by atoms with Crippen molar-refractivity contribution < 1.29 is 14.3 Å². The molecule has 1 heterocycles. The van der Waals surface area contributed by atoms with Crippen molar-refractivity contribution in [2.24, 2.45) is 4.99 Å². The first-order valence-electron chi connectivity index (χ1n) is 8.83. The van der Waals surface area contributed by atoms with Gasteiger partial charge in [0.1, 0.15) is 0 Å². The van der Waals surface area contributed by atoms with Crippen LogP contribution in [0.4, 0.5) is 5.69 Å². The Bertz CT molecular complexity index is 948. The molecule has 0 radical (unpaired) electrons. The van der Waals surface area contributed by atoms with Gasteiger partial charge in [0.15, 0.2) is 5.17 Å². The molecule has 0 saturated carbocycles. The number of carbonyl (C=O) groups excluding carboxylic acids is 2. The molecule has 2 aromatic carbocycles. The molecule has 3 rings (SSSR count). The third-order valence-electron chi connectivity index (χ3n) is 3.94. The smallest absolute Gasteiger partial charge is 0.338 e. The number of allylic oxidation sites excluding steroid dienone is 2. The Morgan fingerprint density at radius 3 is 2.54 bits per heavy atom. The maximum atomic E-state index is 12.4. The van der Waals surface area contributed by atoms with E-state index in [1.54, 1.807) is 44.3 Å². The van der Waals surface area contributed by atoms with Crippen molar-refractivity contribution in [3.63, 3.8) is 0 Å². The summed E-state index contributed by atoms with van der Waals surface area (Å²) < 4.78 is 4.97. The number of esters is 1. The average Bonchev–Trinajstić information content (AvgIpc) is 2.97. The molecule has 2 aromatic rings.